The van der Waals surface area contributed by atoms with Gasteiger partial charge in [-0.2, -0.15) is 9.37 Å². The second-order valence-electron chi connectivity index (χ2n) is 4.18. The van der Waals surface area contributed by atoms with Crippen LogP contribution in [0.3, 0.4) is 0 Å². The molecule has 1 heterocycles. The number of anilines is 1. The second-order valence-corrected chi connectivity index (χ2v) is 4.18. The fraction of sp³-hybridized carbons (Fsp3) is 0.214. The molecule has 3 nitrogen and oxygen atoms in total. The Labute approximate surface area is 114 Å². The van der Waals surface area contributed by atoms with Crippen LogP contribution in [0.1, 0.15) is 5.56 Å². The van der Waals surface area contributed by atoms with E-state index < -0.39 is 17.6 Å². The van der Waals surface area contributed by atoms with Gasteiger partial charge < -0.3 is 10.1 Å². The third kappa shape index (κ3) is 3.63. The molecule has 0 aliphatic carbocycles. The van der Waals surface area contributed by atoms with Crippen LogP contribution in [0.4, 0.5) is 19.0 Å². The number of aryl methyl sites for hydroxylation is 1. The van der Waals surface area contributed by atoms with E-state index in [2.05, 4.69) is 10.3 Å². The molecule has 1 N–H and O–H groups in total. The van der Waals surface area contributed by atoms with Gasteiger partial charge >= 0.3 is 0 Å². The van der Waals surface area contributed by atoms with E-state index in [1.807, 2.05) is 25.1 Å². The number of aromatic nitrogens is 1. The largest absolute Gasteiger partial charge is 0.492 e. The molecular formula is C14H13F3N2O. The van der Waals surface area contributed by atoms with Gasteiger partial charge in [0.2, 0.25) is 0 Å². The van der Waals surface area contributed by atoms with Gasteiger partial charge in [-0.3, -0.25) is 0 Å². The number of hydrogen-bond donors (Lipinski definition) is 1. The SMILES string of the molecule is Cc1cccc(OCCNc2nc(F)c(F)cc2F)c1. The molecule has 106 valence electrons. The average Bonchev–Trinajstić information content (AvgIpc) is 2.40. The molecule has 0 unspecified atom stereocenters. The molecule has 0 saturated carbocycles. The van der Waals surface area contributed by atoms with Crippen LogP contribution in [-0.2, 0) is 0 Å². The molecule has 0 bridgehead atoms. The van der Waals surface area contributed by atoms with E-state index in [1.54, 1.807) is 6.07 Å². The molecule has 1 aromatic carbocycles. The third-order valence-corrected chi connectivity index (χ3v) is 2.54. The predicted molar refractivity (Wildman–Crippen MR) is 69.3 cm³/mol. The third-order valence-electron chi connectivity index (χ3n) is 2.54. The van der Waals surface area contributed by atoms with Crippen LogP contribution in [-0.4, -0.2) is 18.1 Å². The maximum atomic E-state index is 13.3. The lowest BCUT2D eigenvalue weighted by Gasteiger charge is -2.09. The number of rotatable bonds is 5. The van der Waals surface area contributed by atoms with Crippen molar-refractivity contribution < 1.29 is 17.9 Å². The molecule has 20 heavy (non-hydrogen) atoms. The van der Waals surface area contributed by atoms with E-state index >= 15 is 0 Å². The highest BCUT2D eigenvalue weighted by atomic mass is 19.2. The van der Waals surface area contributed by atoms with Crippen molar-refractivity contribution in [3.8, 4) is 5.75 Å². The zero-order valence-corrected chi connectivity index (χ0v) is 10.8. The number of nitrogens with zero attached hydrogens (tertiary/aromatic N) is 1. The first-order chi connectivity index (χ1) is 9.56. The molecule has 2 aromatic rings. The van der Waals surface area contributed by atoms with Gasteiger partial charge in [0.05, 0.1) is 6.54 Å². The first-order valence-corrected chi connectivity index (χ1v) is 6.01. The maximum absolute atomic E-state index is 13.3. The number of benzene rings is 1. The summed E-state index contributed by atoms with van der Waals surface area (Å²) in [4.78, 5) is 3.15. The smallest absolute Gasteiger partial charge is 0.251 e. The average molecular weight is 282 g/mol. The Morgan fingerprint density at radius 1 is 1.15 bits per heavy atom. The van der Waals surface area contributed by atoms with Gasteiger partial charge in [0, 0.05) is 6.07 Å². The summed E-state index contributed by atoms with van der Waals surface area (Å²) < 4.78 is 44.2. The Morgan fingerprint density at radius 3 is 2.70 bits per heavy atom. The molecular weight excluding hydrogens is 269 g/mol. The van der Waals surface area contributed by atoms with Crippen LogP contribution < -0.4 is 10.1 Å². The summed E-state index contributed by atoms with van der Waals surface area (Å²) in [5.41, 5.74) is 1.06. The molecule has 0 atom stereocenters. The summed E-state index contributed by atoms with van der Waals surface area (Å²) in [6, 6.07) is 7.90. The van der Waals surface area contributed by atoms with Crippen LogP contribution in [0.2, 0.25) is 0 Å². The molecule has 0 fully saturated rings. The van der Waals surface area contributed by atoms with Crippen LogP contribution in [0.15, 0.2) is 30.3 Å². The molecule has 0 radical (unpaired) electrons. The van der Waals surface area contributed by atoms with Crippen molar-refractivity contribution in [2.75, 3.05) is 18.5 Å². The quantitative estimate of drug-likeness (QED) is 0.675. The molecule has 0 aliphatic heterocycles. The van der Waals surface area contributed by atoms with Crippen LogP contribution >= 0.6 is 0 Å². The van der Waals surface area contributed by atoms with Crippen molar-refractivity contribution >= 4 is 5.82 Å². The zero-order chi connectivity index (χ0) is 14.5. The number of hydrogen-bond acceptors (Lipinski definition) is 3. The lowest BCUT2D eigenvalue weighted by atomic mass is 10.2. The van der Waals surface area contributed by atoms with E-state index in [9.17, 15) is 13.2 Å². The lowest BCUT2D eigenvalue weighted by molar-refractivity contribution is 0.332. The van der Waals surface area contributed by atoms with E-state index in [1.165, 1.54) is 0 Å². The Kier molecular flexibility index (Phi) is 4.45. The van der Waals surface area contributed by atoms with E-state index in [4.69, 9.17) is 4.74 Å². The van der Waals surface area contributed by atoms with Gasteiger partial charge in [-0.05, 0) is 24.6 Å². The van der Waals surface area contributed by atoms with Crippen molar-refractivity contribution in [1.29, 1.82) is 0 Å². The fourth-order valence-corrected chi connectivity index (χ4v) is 1.61. The maximum Gasteiger partial charge on any atom is 0.251 e. The van der Waals surface area contributed by atoms with Gasteiger partial charge in [0.1, 0.15) is 12.4 Å². The number of halogens is 3. The fourth-order valence-electron chi connectivity index (χ4n) is 1.61. The summed E-state index contributed by atoms with van der Waals surface area (Å²) in [5.74, 6) is -3.25. The minimum Gasteiger partial charge on any atom is -0.492 e. The number of ether oxygens (including phenoxy) is 1. The summed E-state index contributed by atoms with van der Waals surface area (Å²) in [6.45, 7) is 2.39. The molecule has 1 aromatic heterocycles. The van der Waals surface area contributed by atoms with Crippen molar-refractivity contribution in [2.45, 2.75) is 6.92 Å². The Bertz CT molecular complexity index is 605. The number of nitrogens with one attached hydrogen (secondary N) is 1. The monoisotopic (exact) mass is 282 g/mol. The van der Waals surface area contributed by atoms with Crippen molar-refractivity contribution in [1.82, 2.24) is 4.98 Å². The van der Waals surface area contributed by atoms with Crippen LogP contribution in [0.25, 0.3) is 0 Å². The van der Waals surface area contributed by atoms with Gasteiger partial charge in [-0.1, -0.05) is 12.1 Å². The first kappa shape index (κ1) is 14.2. The molecule has 0 aliphatic rings. The summed E-state index contributed by atoms with van der Waals surface area (Å²) in [6.07, 6.45) is 0. The van der Waals surface area contributed by atoms with Crippen LogP contribution in [0.5, 0.6) is 5.75 Å². The topological polar surface area (TPSA) is 34.1 Å². The van der Waals surface area contributed by atoms with Gasteiger partial charge in [0.25, 0.3) is 5.95 Å². The highest BCUT2D eigenvalue weighted by molar-refractivity contribution is 5.36. The minimum absolute atomic E-state index is 0.211. The van der Waals surface area contributed by atoms with E-state index in [0.29, 0.717) is 11.8 Å². The Balaban J connectivity index is 1.86. The van der Waals surface area contributed by atoms with E-state index in [0.717, 1.165) is 5.56 Å². The molecule has 0 saturated heterocycles. The highest BCUT2D eigenvalue weighted by Crippen LogP contribution is 2.14. The molecule has 0 amide bonds. The summed E-state index contributed by atoms with van der Waals surface area (Å²) >= 11 is 0. The highest BCUT2D eigenvalue weighted by Gasteiger charge is 2.10. The van der Waals surface area contributed by atoms with Crippen molar-refractivity contribution in [3.63, 3.8) is 0 Å². The van der Waals surface area contributed by atoms with Gasteiger partial charge in [-0.15, -0.1) is 0 Å². The van der Waals surface area contributed by atoms with Gasteiger partial charge in [-0.25, -0.2) is 8.78 Å². The lowest BCUT2D eigenvalue weighted by Crippen LogP contribution is -2.14. The predicted octanol–water partition coefficient (Wildman–Crippen LogP) is 3.30. The second kappa shape index (κ2) is 6.27. The number of pyridine rings is 1. The minimum atomic E-state index is -1.34. The summed E-state index contributed by atoms with van der Waals surface area (Å²) in [5, 5.41) is 2.55. The molecule has 2 rings (SSSR count). The molecule has 6 heteroatoms. The zero-order valence-electron chi connectivity index (χ0n) is 10.8. The van der Waals surface area contributed by atoms with Gasteiger partial charge in [0.15, 0.2) is 17.5 Å². The first-order valence-electron chi connectivity index (χ1n) is 6.01. The van der Waals surface area contributed by atoms with Crippen LogP contribution in [0, 0.1) is 24.5 Å². The Hall–Kier alpha value is -2.24. The summed E-state index contributed by atoms with van der Waals surface area (Å²) in [7, 11) is 0. The Morgan fingerprint density at radius 2 is 1.95 bits per heavy atom. The van der Waals surface area contributed by atoms with E-state index in [-0.39, 0.29) is 19.0 Å². The molecule has 0 spiro atoms. The van der Waals surface area contributed by atoms with Crippen molar-refractivity contribution in [2.24, 2.45) is 0 Å². The normalized spacial score (nSPS) is 10.4. The van der Waals surface area contributed by atoms with Crippen molar-refractivity contribution in [3.05, 3.63) is 53.5 Å². The standard InChI is InChI=1S/C14H13F3N2O/c1-9-3-2-4-10(7-9)20-6-5-18-14-12(16)8-11(15)13(17)19-14/h2-4,7-8H,5-6H2,1H3,(H,18,19).